The molecule has 9 nitrogen and oxygen atoms in total. The largest absolute Gasteiger partial charge is 0.381 e. The maximum absolute atomic E-state index is 13.1. The van der Waals surface area contributed by atoms with E-state index in [1.54, 1.807) is 0 Å². The lowest BCUT2D eigenvalue weighted by molar-refractivity contribution is -0.115. The number of carbonyl (C=O) groups excluding carboxylic acids is 1. The summed E-state index contributed by atoms with van der Waals surface area (Å²) in [6.07, 6.45) is 3.13. The minimum absolute atomic E-state index is 0.0727. The number of benzene rings is 2. The highest BCUT2D eigenvalue weighted by molar-refractivity contribution is 5.92. The maximum atomic E-state index is 13.1. The minimum atomic E-state index is -0.0727. The molecular formula is C29H33N7O2. The first-order valence-corrected chi connectivity index (χ1v) is 13.2. The molecule has 0 spiro atoms. The molecule has 4 aromatic rings. The van der Waals surface area contributed by atoms with E-state index in [1.807, 2.05) is 61.5 Å². The first kappa shape index (κ1) is 25.5. The van der Waals surface area contributed by atoms with E-state index in [2.05, 4.69) is 43.8 Å². The highest BCUT2D eigenvalue weighted by atomic mass is 16.5. The number of carbonyl (C=O) groups is 1. The smallest absolute Gasteiger partial charge is 0.228 e. The van der Waals surface area contributed by atoms with Crippen molar-refractivity contribution in [2.45, 2.75) is 45.6 Å². The van der Waals surface area contributed by atoms with Crippen molar-refractivity contribution in [2.24, 2.45) is 0 Å². The Morgan fingerprint density at radius 1 is 1.08 bits per heavy atom. The number of nitrogens with zero attached hydrogens (tertiary/aromatic N) is 5. The summed E-state index contributed by atoms with van der Waals surface area (Å²) in [4.78, 5) is 20.6. The molecule has 2 N–H and O–H groups in total. The SMILES string of the molecule is CCCN(c1cc(CC(=O)Nc2ccc(C)cc2)cc(-c2ccccc2-c2nn[nH]n2)n1)C1CCOCC1. The van der Waals surface area contributed by atoms with Crippen molar-refractivity contribution in [3.8, 4) is 22.6 Å². The van der Waals surface area contributed by atoms with Gasteiger partial charge in [-0.15, -0.1) is 10.2 Å². The van der Waals surface area contributed by atoms with E-state index < -0.39 is 0 Å². The third-order valence-corrected chi connectivity index (χ3v) is 6.75. The van der Waals surface area contributed by atoms with E-state index in [4.69, 9.17) is 9.72 Å². The van der Waals surface area contributed by atoms with Gasteiger partial charge in [-0.05, 0) is 61.2 Å². The molecule has 196 valence electrons. The van der Waals surface area contributed by atoms with E-state index in [0.29, 0.717) is 11.9 Å². The number of aryl methyl sites for hydroxylation is 1. The van der Waals surface area contributed by atoms with Crippen LogP contribution < -0.4 is 10.2 Å². The number of pyridine rings is 1. The van der Waals surface area contributed by atoms with Gasteiger partial charge in [0, 0.05) is 42.6 Å². The van der Waals surface area contributed by atoms with Crippen molar-refractivity contribution >= 4 is 17.4 Å². The third kappa shape index (κ3) is 6.06. The lowest BCUT2D eigenvalue weighted by Gasteiger charge is -2.35. The second-order valence-corrected chi connectivity index (χ2v) is 9.63. The van der Waals surface area contributed by atoms with Gasteiger partial charge in [0.1, 0.15) is 5.82 Å². The van der Waals surface area contributed by atoms with Crippen LogP contribution in [-0.4, -0.2) is 57.3 Å². The van der Waals surface area contributed by atoms with Crippen LogP contribution in [0.5, 0.6) is 0 Å². The molecule has 0 radical (unpaired) electrons. The number of aromatic amines is 1. The van der Waals surface area contributed by atoms with E-state index in [9.17, 15) is 4.79 Å². The number of aromatic nitrogens is 5. The number of hydrogen-bond acceptors (Lipinski definition) is 7. The van der Waals surface area contributed by atoms with Crippen LogP contribution in [0.15, 0.2) is 60.7 Å². The number of rotatable bonds is 9. The van der Waals surface area contributed by atoms with Gasteiger partial charge in [-0.1, -0.05) is 48.9 Å². The fraction of sp³-hybridized carbons (Fsp3) is 0.345. The van der Waals surface area contributed by atoms with Gasteiger partial charge in [0.25, 0.3) is 0 Å². The van der Waals surface area contributed by atoms with Gasteiger partial charge < -0.3 is 15.0 Å². The fourth-order valence-corrected chi connectivity index (χ4v) is 4.88. The molecule has 3 heterocycles. The Morgan fingerprint density at radius 3 is 2.55 bits per heavy atom. The highest BCUT2D eigenvalue weighted by Gasteiger charge is 2.24. The molecule has 1 aliphatic rings. The summed E-state index contributed by atoms with van der Waals surface area (Å²) in [5.41, 5.74) is 5.32. The number of H-pyrrole nitrogens is 1. The Labute approximate surface area is 222 Å². The molecule has 0 bridgehead atoms. The van der Waals surface area contributed by atoms with Crippen LogP contribution in [0.1, 0.15) is 37.3 Å². The molecule has 1 fully saturated rings. The second-order valence-electron chi connectivity index (χ2n) is 9.63. The Kier molecular flexibility index (Phi) is 8.04. The van der Waals surface area contributed by atoms with E-state index in [0.717, 1.165) is 78.5 Å². The van der Waals surface area contributed by atoms with Crippen LogP contribution in [0.3, 0.4) is 0 Å². The minimum Gasteiger partial charge on any atom is -0.381 e. The van der Waals surface area contributed by atoms with Gasteiger partial charge in [-0.2, -0.15) is 5.21 Å². The van der Waals surface area contributed by atoms with Crippen molar-refractivity contribution in [3.05, 3.63) is 71.8 Å². The first-order valence-electron chi connectivity index (χ1n) is 13.2. The summed E-state index contributed by atoms with van der Waals surface area (Å²) < 4.78 is 5.63. The number of tetrazole rings is 1. The Bertz CT molecular complexity index is 1350. The first-order chi connectivity index (χ1) is 18.6. The molecule has 0 aliphatic carbocycles. The molecule has 1 aliphatic heterocycles. The number of amides is 1. The van der Waals surface area contributed by atoms with Gasteiger partial charge in [0.15, 0.2) is 0 Å². The second kappa shape index (κ2) is 12.0. The summed E-state index contributed by atoms with van der Waals surface area (Å²) in [6, 6.07) is 20.1. The summed E-state index contributed by atoms with van der Waals surface area (Å²) in [5, 5.41) is 17.7. The van der Waals surface area contributed by atoms with Gasteiger partial charge in [0.2, 0.25) is 11.7 Å². The number of anilines is 2. The zero-order chi connectivity index (χ0) is 26.3. The van der Waals surface area contributed by atoms with E-state index in [1.165, 1.54) is 0 Å². The zero-order valence-corrected chi connectivity index (χ0v) is 21.9. The summed E-state index contributed by atoms with van der Waals surface area (Å²) in [7, 11) is 0. The van der Waals surface area contributed by atoms with Gasteiger partial charge in [-0.3, -0.25) is 4.79 Å². The van der Waals surface area contributed by atoms with Crippen LogP contribution in [-0.2, 0) is 16.0 Å². The average molecular weight is 512 g/mol. The van der Waals surface area contributed by atoms with Gasteiger partial charge in [-0.25, -0.2) is 4.98 Å². The Balaban J connectivity index is 1.53. The maximum Gasteiger partial charge on any atom is 0.228 e. The molecule has 0 atom stereocenters. The fourth-order valence-electron chi connectivity index (χ4n) is 4.88. The molecule has 5 rings (SSSR count). The third-order valence-electron chi connectivity index (χ3n) is 6.75. The topological polar surface area (TPSA) is 109 Å². The predicted molar refractivity (Wildman–Crippen MR) is 148 cm³/mol. The predicted octanol–water partition coefficient (Wildman–Crippen LogP) is 4.81. The van der Waals surface area contributed by atoms with Crippen LogP contribution >= 0.6 is 0 Å². The summed E-state index contributed by atoms with van der Waals surface area (Å²) in [5.74, 6) is 1.30. The van der Waals surface area contributed by atoms with Crippen molar-refractivity contribution in [3.63, 3.8) is 0 Å². The molecule has 0 saturated carbocycles. The van der Waals surface area contributed by atoms with Crippen LogP contribution in [0.25, 0.3) is 22.6 Å². The standard InChI is InChI=1S/C29H33N7O2/c1-3-14-36(23-12-15-38-16-13-23)27-18-21(19-28(37)30-22-10-8-20(2)9-11-22)17-26(31-27)24-6-4-5-7-25(24)29-32-34-35-33-29/h4-11,17-18,23H,3,12-16,19H2,1-2H3,(H,30,37)(H,32,33,34,35). The van der Waals surface area contributed by atoms with Crippen LogP contribution in [0, 0.1) is 6.92 Å². The lowest BCUT2D eigenvalue weighted by Crippen LogP contribution is -2.40. The van der Waals surface area contributed by atoms with E-state index in [-0.39, 0.29) is 12.3 Å². The van der Waals surface area contributed by atoms with E-state index >= 15 is 0 Å². The van der Waals surface area contributed by atoms with Crippen LogP contribution in [0.2, 0.25) is 0 Å². The zero-order valence-electron chi connectivity index (χ0n) is 21.9. The number of nitrogens with one attached hydrogen (secondary N) is 2. The van der Waals surface area contributed by atoms with Gasteiger partial charge in [0.05, 0.1) is 12.1 Å². The Hall–Kier alpha value is -4.11. The lowest BCUT2D eigenvalue weighted by atomic mass is 10.0. The van der Waals surface area contributed by atoms with Gasteiger partial charge >= 0.3 is 0 Å². The van der Waals surface area contributed by atoms with Crippen molar-refractivity contribution in [1.82, 2.24) is 25.6 Å². The number of hydrogen-bond donors (Lipinski definition) is 2. The molecule has 1 amide bonds. The molecule has 9 heteroatoms. The van der Waals surface area contributed by atoms with Crippen molar-refractivity contribution < 1.29 is 9.53 Å². The molecule has 2 aromatic heterocycles. The van der Waals surface area contributed by atoms with Crippen LogP contribution in [0.4, 0.5) is 11.5 Å². The molecule has 0 unspecified atom stereocenters. The molecule has 1 saturated heterocycles. The monoisotopic (exact) mass is 511 g/mol. The molecule has 2 aromatic carbocycles. The Morgan fingerprint density at radius 2 is 1.84 bits per heavy atom. The molecular weight excluding hydrogens is 478 g/mol. The number of ether oxygens (including phenoxy) is 1. The van der Waals surface area contributed by atoms with Crippen molar-refractivity contribution in [1.29, 1.82) is 0 Å². The summed E-state index contributed by atoms with van der Waals surface area (Å²) >= 11 is 0. The normalized spacial score (nSPS) is 13.8. The average Bonchev–Trinajstić information content (AvgIpc) is 3.48. The quantitative estimate of drug-likeness (QED) is 0.332. The van der Waals surface area contributed by atoms with Crippen molar-refractivity contribution in [2.75, 3.05) is 30.0 Å². The summed E-state index contributed by atoms with van der Waals surface area (Å²) in [6.45, 7) is 6.58. The highest BCUT2D eigenvalue weighted by Crippen LogP contribution is 2.32. The molecule has 38 heavy (non-hydrogen) atoms.